The predicted molar refractivity (Wildman–Crippen MR) is 102 cm³/mol. The fraction of sp³-hybridized carbons (Fsp3) is 0.412. The number of phenolic OH excluding ortho intramolecular Hbond substituents is 2. The van der Waals surface area contributed by atoms with Gasteiger partial charge in [-0.1, -0.05) is 6.07 Å². The number of aliphatic carboxylic acids is 1. The summed E-state index contributed by atoms with van der Waals surface area (Å²) in [6.07, 6.45) is -1.10. The van der Waals surface area contributed by atoms with Crippen molar-refractivity contribution in [2.75, 3.05) is 6.54 Å². The largest absolute Gasteiger partial charge is 0.504 e. The van der Waals surface area contributed by atoms with Gasteiger partial charge in [0.15, 0.2) is 23.5 Å². The van der Waals surface area contributed by atoms with E-state index in [1.165, 1.54) is 25.1 Å². The molecule has 1 aromatic rings. The third-order valence-electron chi connectivity index (χ3n) is 3.87. The molecule has 12 nitrogen and oxygen atoms in total. The number of benzene rings is 1. The first kappa shape index (κ1) is 23.5. The van der Waals surface area contributed by atoms with E-state index < -0.39 is 47.5 Å². The molecule has 0 heterocycles. The van der Waals surface area contributed by atoms with Crippen molar-refractivity contribution in [1.29, 1.82) is 0 Å². The molecule has 0 aliphatic heterocycles. The maximum atomic E-state index is 12.5. The summed E-state index contributed by atoms with van der Waals surface area (Å²) in [5.41, 5.74) is 10.2. The van der Waals surface area contributed by atoms with Crippen molar-refractivity contribution in [3.63, 3.8) is 0 Å². The van der Waals surface area contributed by atoms with E-state index in [2.05, 4.69) is 15.6 Å². The van der Waals surface area contributed by atoms with E-state index in [1.54, 1.807) is 0 Å². The molecule has 160 valence electrons. The number of carbonyl (C=O) groups is 3. The summed E-state index contributed by atoms with van der Waals surface area (Å²) < 4.78 is 0. The van der Waals surface area contributed by atoms with Gasteiger partial charge in [0.2, 0.25) is 5.91 Å². The number of nitrogens with two attached hydrogens (primary N) is 2. The van der Waals surface area contributed by atoms with Crippen LogP contribution in [-0.2, 0) is 9.59 Å². The fourth-order valence-corrected chi connectivity index (χ4v) is 2.37. The zero-order valence-electron chi connectivity index (χ0n) is 15.7. The maximum Gasteiger partial charge on any atom is 0.328 e. The van der Waals surface area contributed by atoms with Crippen LogP contribution in [0.3, 0.4) is 0 Å². The van der Waals surface area contributed by atoms with E-state index in [9.17, 15) is 29.7 Å². The zero-order valence-corrected chi connectivity index (χ0v) is 15.7. The van der Waals surface area contributed by atoms with Gasteiger partial charge in [0.25, 0.3) is 5.91 Å². The number of aliphatic imine (C=N–C) groups is 1. The maximum absolute atomic E-state index is 12.5. The Bertz CT molecular complexity index is 777. The molecule has 1 aromatic carbocycles. The van der Waals surface area contributed by atoms with Gasteiger partial charge in [-0.2, -0.15) is 0 Å². The third-order valence-corrected chi connectivity index (χ3v) is 3.87. The third kappa shape index (κ3) is 7.18. The number of rotatable bonds is 10. The minimum Gasteiger partial charge on any atom is -0.504 e. The highest BCUT2D eigenvalue weighted by atomic mass is 16.4. The number of phenols is 2. The van der Waals surface area contributed by atoms with E-state index in [-0.39, 0.29) is 30.9 Å². The van der Waals surface area contributed by atoms with Gasteiger partial charge in [-0.3, -0.25) is 14.6 Å². The highest BCUT2D eigenvalue weighted by Gasteiger charge is 2.30. The first-order valence-corrected chi connectivity index (χ1v) is 8.63. The SMILES string of the molecule is CC(O)C(NC(=O)C(CCCN=C(N)N)NC(=O)c1cccc(O)c1O)C(=O)O. The number of para-hydroxylation sites is 1. The minimum absolute atomic E-state index is 0.0279. The molecular formula is C17H25N5O7. The molecule has 0 bridgehead atoms. The van der Waals surface area contributed by atoms with E-state index in [0.717, 1.165) is 0 Å². The standard InChI is InChI=1S/C17H25N5O7/c1-8(23)12(16(28)29)22-15(27)10(5-3-7-20-17(18)19)21-14(26)9-4-2-6-11(24)13(9)25/h2,4,6,8,10,12,23-25H,3,5,7H2,1H3,(H,21,26)(H,22,27)(H,28,29)(H4,18,19,20). The lowest BCUT2D eigenvalue weighted by Gasteiger charge is -2.23. The number of nitrogens with zero attached hydrogens (tertiary/aromatic N) is 1. The van der Waals surface area contributed by atoms with Crippen LogP contribution < -0.4 is 22.1 Å². The average molecular weight is 411 g/mol. The quantitative estimate of drug-likeness (QED) is 0.0940. The van der Waals surface area contributed by atoms with Crippen molar-refractivity contribution >= 4 is 23.7 Å². The summed E-state index contributed by atoms with van der Waals surface area (Å²) >= 11 is 0. The van der Waals surface area contributed by atoms with Crippen LogP contribution in [-0.4, -0.2) is 68.9 Å². The summed E-state index contributed by atoms with van der Waals surface area (Å²) in [7, 11) is 0. The Morgan fingerprint density at radius 3 is 2.38 bits per heavy atom. The van der Waals surface area contributed by atoms with Crippen molar-refractivity contribution in [3.05, 3.63) is 23.8 Å². The second-order valence-corrected chi connectivity index (χ2v) is 6.21. The van der Waals surface area contributed by atoms with Gasteiger partial charge in [0, 0.05) is 6.54 Å². The first-order valence-electron chi connectivity index (χ1n) is 8.63. The van der Waals surface area contributed by atoms with Gasteiger partial charge in [-0.05, 0) is 31.9 Å². The Morgan fingerprint density at radius 2 is 1.83 bits per heavy atom. The van der Waals surface area contributed by atoms with E-state index in [0.29, 0.717) is 0 Å². The molecule has 0 aliphatic rings. The number of aromatic hydroxyl groups is 2. The molecule has 3 unspecified atom stereocenters. The number of hydrogen-bond donors (Lipinski definition) is 8. The lowest BCUT2D eigenvalue weighted by Crippen LogP contribution is -2.54. The number of aliphatic hydroxyl groups is 1. The molecule has 12 heteroatoms. The fourth-order valence-electron chi connectivity index (χ4n) is 2.37. The molecule has 0 radical (unpaired) electrons. The smallest absolute Gasteiger partial charge is 0.328 e. The van der Waals surface area contributed by atoms with Crippen LogP contribution in [0.25, 0.3) is 0 Å². The normalized spacial score (nSPS) is 13.6. The number of amides is 2. The molecule has 10 N–H and O–H groups in total. The van der Waals surface area contributed by atoms with Crippen molar-refractivity contribution in [1.82, 2.24) is 10.6 Å². The van der Waals surface area contributed by atoms with Gasteiger partial charge in [0.1, 0.15) is 6.04 Å². The van der Waals surface area contributed by atoms with Crippen molar-refractivity contribution in [2.24, 2.45) is 16.5 Å². The zero-order chi connectivity index (χ0) is 22.1. The Labute approximate surface area is 166 Å². The molecule has 0 spiro atoms. The minimum atomic E-state index is -1.59. The molecule has 29 heavy (non-hydrogen) atoms. The number of carbonyl (C=O) groups excluding carboxylic acids is 2. The van der Waals surface area contributed by atoms with Gasteiger partial charge < -0.3 is 42.5 Å². The molecule has 0 saturated carbocycles. The van der Waals surface area contributed by atoms with Gasteiger partial charge in [0.05, 0.1) is 11.7 Å². The molecule has 0 fully saturated rings. The molecule has 0 aromatic heterocycles. The first-order chi connectivity index (χ1) is 13.5. The summed E-state index contributed by atoms with van der Waals surface area (Å²) in [4.78, 5) is 39.9. The highest BCUT2D eigenvalue weighted by Crippen LogP contribution is 2.28. The van der Waals surface area contributed by atoms with Crippen LogP contribution >= 0.6 is 0 Å². The van der Waals surface area contributed by atoms with Crippen LogP contribution in [0.5, 0.6) is 11.5 Å². The van der Waals surface area contributed by atoms with Crippen LogP contribution in [0.4, 0.5) is 0 Å². The second kappa shape index (κ2) is 10.7. The summed E-state index contributed by atoms with van der Waals surface area (Å²) in [6, 6.07) is 0.916. The van der Waals surface area contributed by atoms with Gasteiger partial charge >= 0.3 is 5.97 Å². The van der Waals surface area contributed by atoms with Crippen LogP contribution in [0, 0.1) is 0 Å². The number of nitrogens with one attached hydrogen (secondary N) is 2. The Morgan fingerprint density at radius 1 is 1.17 bits per heavy atom. The number of carboxylic acid groups (broad SMARTS) is 1. The highest BCUT2D eigenvalue weighted by molar-refractivity contribution is 6.00. The van der Waals surface area contributed by atoms with Gasteiger partial charge in [-0.25, -0.2) is 4.79 Å². The Hall–Kier alpha value is -3.54. The van der Waals surface area contributed by atoms with Crippen LogP contribution in [0.15, 0.2) is 23.2 Å². The van der Waals surface area contributed by atoms with E-state index >= 15 is 0 Å². The summed E-state index contributed by atoms with van der Waals surface area (Å²) in [5, 5.41) is 42.5. The molecule has 0 saturated heterocycles. The lowest BCUT2D eigenvalue weighted by atomic mass is 10.1. The summed E-state index contributed by atoms with van der Waals surface area (Å²) in [6.45, 7) is 1.34. The van der Waals surface area contributed by atoms with Crippen molar-refractivity contribution in [3.8, 4) is 11.5 Å². The molecule has 3 atom stereocenters. The Kier molecular flexibility index (Phi) is 8.68. The second-order valence-electron chi connectivity index (χ2n) is 6.21. The molecule has 1 rings (SSSR count). The molecular weight excluding hydrogens is 386 g/mol. The summed E-state index contributed by atoms with van der Waals surface area (Å²) in [5.74, 6) is -4.53. The van der Waals surface area contributed by atoms with E-state index in [1.807, 2.05) is 0 Å². The number of hydrogen-bond acceptors (Lipinski definition) is 7. The van der Waals surface area contributed by atoms with Crippen LogP contribution in [0.1, 0.15) is 30.1 Å². The number of aliphatic hydroxyl groups excluding tert-OH is 1. The van der Waals surface area contributed by atoms with Crippen molar-refractivity contribution in [2.45, 2.75) is 38.0 Å². The number of carboxylic acids is 1. The lowest BCUT2D eigenvalue weighted by molar-refractivity contribution is -0.145. The van der Waals surface area contributed by atoms with E-state index in [4.69, 9.17) is 16.6 Å². The predicted octanol–water partition coefficient (Wildman–Crippen LogP) is -1.80. The van der Waals surface area contributed by atoms with Crippen molar-refractivity contribution < 1.29 is 34.8 Å². The molecule has 0 aliphatic carbocycles. The van der Waals surface area contributed by atoms with Crippen LogP contribution in [0.2, 0.25) is 0 Å². The number of guanidine groups is 1. The van der Waals surface area contributed by atoms with Gasteiger partial charge in [-0.15, -0.1) is 0 Å². The molecule has 2 amide bonds. The Balaban J connectivity index is 2.98. The monoisotopic (exact) mass is 411 g/mol. The topological polar surface area (TPSA) is 221 Å². The average Bonchev–Trinajstić information content (AvgIpc) is 2.63.